The maximum Gasteiger partial charge on any atom is 0.185 e. The van der Waals surface area contributed by atoms with Crippen LogP contribution < -0.4 is 0 Å². The van der Waals surface area contributed by atoms with Gasteiger partial charge in [0.25, 0.3) is 0 Å². The molecule has 0 unspecified atom stereocenters. The second kappa shape index (κ2) is 5.11. The van der Waals surface area contributed by atoms with Crippen LogP contribution in [0.4, 0.5) is 0 Å². The molecule has 0 saturated carbocycles. The van der Waals surface area contributed by atoms with Gasteiger partial charge in [-0.1, -0.05) is 0 Å². The van der Waals surface area contributed by atoms with Gasteiger partial charge in [-0.25, -0.2) is 0 Å². The molecule has 0 amide bonds. The van der Waals surface area contributed by atoms with Crippen molar-refractivity contribution in [1.82, 2.24) is 9.78 Å². The van der Waals surface area contributed by atoms with Crippen molar-refractivity contribution in [2.24, 2.45) is 7.05 Å². The van der Waals surface area contributed by atoms with Crippen molar-refractivity contribution in [2.45, 2.75) is 0 Å². The Hall–Kier alpha value is -2.67. The van der Waals surface area contributed by atoms with Crippen LogP contribution in [0.2, 0.25) is 0 Å². The van der Waals surface area contributed by atoms with Gasteiger partial charge >= 0.3 is 0 Å². The van der Waals surface area contributed by atoms with E-state index in [1.807, 2.05) is 19.3 Å². The predicted octanol–water partition coefficient (Wildman–Crippen LogP) is 2.19. The summed E-state index contributed by atoms with van der Waals surface area (Å²) in [5.74, 6) is -0.0941. The van der Waals surface area contributed by atoms with Gasteiger partial charge in [-0.3, -0.25) is 9.48 Å². The van der Waals surface area contributed by atoms with Gasteiger partial charge in [-0.05, 0) is 36.4 Å². The van der Waals surface area contributed by atoms with Gasteiger partial charge < -0.3 is 0 Å². The third kappa shape index (κ3) is 2.71. The largest absolute Gasteiger partial charge is 0.289 e. The number of aryl methyl sites for hydroxylation is 1. The van der Waals surface area contributed by atoms with Crippen LogP contribution in [-0.2, 0) is 7.05 Å². The molecule has 88 valence electrons. The average Bonchev–Trinajstić information content (AvgIpc) is 2.82. The summed E-state index contributed by atoms with van der Waals surface area (Å²) in [7, 11) is 1.82. The second-order valence-corrected chi connectivity index (χ2v) is 3.83. The Balaban J connectivity index is 2.12. The number of nitriles is 1. The highest BCUT2D eigenvalue weighted by Gasteiger charge is 2.01. The van der Waals surface area contributed by atoms with Crippen molar-refractivity contribution >= 4 is 11.9 Å². The molecule has 0 aliphatic heterocycles. The van der Waals surface area contributed by atoms with E-state index in [0.717, 1.165) is 5.56 Å². The first-order chi connectivity index (χ1) is 8.69. The fraction of sp³-hybridized carbons (Fsp3) is 0.0714. The third-order valence-corrected chi connectivity index (χ3v) is 2.45. The normalized spacial score (nSPS) is 10.4. The average molecular weight is 237 g/mol. The molecule has 0 atom stereocenters. The fourth-order valence-electron chi connectivity index (χ4n) is 1.50. The molecule has 4 nitrogen and oxygen atoms in total. The van der Waals surface area contributed by atoms with Gasteiger partial charge in [-0.2, -0.15) is 10.4 Å². The number of ketones is 1. The summed E-state index contributed by atoms with van der Waals surface area (Å²) in [4.78, 5) is 11.8. The van der Waals surface area contributed by atoms with Crippen LogP contribution in [0.3, 0.4) is 0 Å². The number of hydrogen-bond donors (Lipinski definition) is 0. The number of hydrogen-bond acceptors (Lipinski definition) is 3. The maximum atomic E-state index is 11.8. The minimum Gasteiger partial charge on any atom is -0.289 e. The Morgan fingerprint density at radius 3 is 2.67 bits per heavy atom. The lowest BCUT2D eigenvalue weighted by Crippen LogP contribution is -1.93. The van der Waals surface area contributed by atoms with E-state index in [1.165, 1.54) is 6.08 Å². The minimum absolute atomic E-state index is 0.0941. The smallest absolute Gasteiger partial charge is 0.185 e. The first-order valence-electron chi connectivity index (χ1n) is 5.40. The lowest BCUT2D eigenvalue weighted by atomic mass is 10.1. The van der Waals surface area contributed by atoms with Crippen molar-refractivity contribution in [1.29, 1.82) is 5.26 Å². The summed E-state index contributed by atoms with van der Waals surface area (Å²) in [5, 5.41) is 12.7. The molecule has 2 aromatic rings. The number of rotatable bonds is 3. The quantitative estimate of drug-likeness (QED) is 0.607. The summed E-state index contributed by atoms with van der Waals surface area (Å²) < 4.78 is 1.67. The first-order valence-corrected chi connectivity index (χ1v) is 5.40. The van der Waals surface area contributed by atoms with E-state index in [2.05, 4.69) is 5.10 Å². The maximum absolute atomic E-state index is 11.8. The zero-order valence-electron chi connectivity index (χ0n) is 9.87. The SMILES string of the molecule is Cn1cc(C=CC(=O)c2ccc(C#N)cc2)cn1. The van der Waals surface area contributed by atoms with Crippen molar-refractivity contribution in [2.75, 3.05) is 0 Å². The van der Waals surface area contributed by atoms with Gasteiger partial charge in [0.2, 0.25) is 0 Å². The summed E-state index contributed by atoms with van der Waals surface area (Å²) >= 11 is 0. The second-order valence-electron chi connectivity index (χ2n) is 3.83. The molecule has 0 aliphatic carbocycles. The molecular formula is C14H11N3O. The highest BCUT2D eigenvalue weighted by Crippen LogP contribution is 2.07. The Kier molecular flexibility index (Phi) is 3.35. The summed E-state index contributed by atoms with van der Waals surface area (Å²) in [6.07, 6.45) is 6.72. The van der Waals surface area contributed by atoms with Crippen LogP contribution >= 0.6 is 0 Å². The van der Waals surface area contributed by atoms with Gasteiger partial charge in [0.1, 0.15) is 0 Å². The first kappa shape index (κ1) is 11.8. The summed E-state index contributed by atoms with van der Waals surface area (Å²) in [6.45, 7) is 0. The topological polar surface area (TPSA) is 58.7 Å². The van der Waals surface area contributed by atoms with Crippen LogP contribution in [0.15, 0.2) is 42.7 Å². The number of benzene rings is 1. The summed E-state index contributed by atoms with van der Waals surface area (Å²) in [6, 6.07) is 8.57. The predicted molar refractivity (Wildman–Crippen MR) is 67.7 cm³/mol. The molecule has 1 aromatic carbocycles. The Morgan fingerprint density at radius 2 is 2.11 bits per heavy atom. The molecule has 0 N–H and O–H groups in total. The molecule has 1 aromatic heterocycles. The summed E-state index contributed by atoms with van der Waals surface area (Å²) in [5.41, 5.74) is 1.98. The van der Waals surface area contributed by atoms with Gasteiger partial charge in [0, 0.05) is 24.4 Å². The Bertz CT molecular complexity index is 630. The number of carbonyl (C=O) groups excluding carboxylic acids is 1. The van der Waals surface area contributed by atoms with E-state index in [4.69, 9.17) is 5.26 Å². The van der Waals surface area contributed by atoms with Gasteiger partial charge in [0.05, 0.1) is 17.8 Å². The van der Waals surface area contributed by atoms with Crippen LogP contribution in [0.1, 0.15) is 21.5 Å². The van der Waals surface area contributed by atoms with E-state index >= 15 is 0 Å². The van der Waals surface area contributed by atoms with Crippen molar-refractivity contribution in [3.05, 3.63) is 59.4 Å². The molecule has 18 heavy (non-hydrogen) atoms. The molecule has 0 bridgehead atoms. The highest BCUT2D eigenvalue weighted by atomic mass is 16.1. The molecule has 0 aliphatic rings. The lowest BCUT2D eigenvalue weighted by Gasteiger charge is -1.95. The zero-order valence-corrected chi connectivity index (χ0v) is 9.87. The van der Waals surface area contributed by atoms with E-state index in [0.29, 0.717) is 11.1 Å². The van der Waals surface area contributed by atoms with E-state index in [9.17, 15) is 4.79 Å². The lowest BCUT2D eigenvalue weighted by molar-refractivity contribution is 0.104. The molecule has 0 saturated heterocycles. The highest BCUT2D eigenvalue weighted by molar-refractivity contribution is 6.06. The minimum atomic E-state index is -0.0941. The van der Waals surface area contributed by atoms with Crippen molar-refractivity contribution in [3.63, 3.8) is 0 Å². The van der Waals surface area contributed by atoms with E-state index < -0.39 is 0 Å². The Morgan fingerprint density at radius 1 is 1.39 bits per heavy atom. The number of carbonyl (C=O) groups is 1. The molecule has 2 rings (SSSR count). The monoisotopic (exact) mass is 237 g/mol. The van der Waals surface area contributed by atoms with Gasteiger partial charge in [-0.15, -0.1) is 0 Å². The molecule has 4 heteroatoms. The fourth-order valence-corrected chi connectivity index (χ4v) is 1.50. The Labute approximate surface area is 105 Å². The molecule has 0 fully saturated rings. The van der Waals surface area contributed by atoms with Crippen LogP contribution in [-0.4, -0.2) is 15.6 Å². The third-order valence-electron chi connectivity index (χ3n) is 2.45. The molecule has 0 spiro atoms. The standard InChI is InChI=1S/C14H11N3O/c1-17-10-12(9-16-17)4-7-14(18)13-5-2-11(8-15)3-6-13/h2-7,9-10H,1H3. The van der Waals surface area contributed by atoms with Crippen LogP contribution in [0, 0.1) is 11.3 Å². The van der Waals surface area contributed by atoms with Crippen LogP contribution in [0.25, 0.3) is 6.08 Å². The molecule has 0 radical (unpaired) electrons. The van der Waals surface area contributed by atoms with Crippen molar-refractivity contribution < 1.29 is 4.79 Å². The zero-order chi connectivity index (χ0) is 13.0. The molecule has 1 heterocycles. The van der Waals surface area contributed by atoms with Crippen LogP contribution in [0.5, 0.6) is 0 Å². The van der Waals surface area contributed by atoms with Crippen molar-refractivity contribution in [3.8, 4) is 6.07 Å². The van der Waals surface area contributed by atoms with E-state index in [1.54, 1.807) is 41.2 Å². The number of aromatic nitrogens is 2. The number of allylic oxidation sites excluding steroid dienone is 1. The molecular weight excluding hydrogens is 226 g/mol. The number of nitrogens with zero attached hydrogens (tertiary/aromatic N) is 3. The van der Waals surface area contributed by atoms with Gasteiger partial charge in [0.15, 0.2) is 5.78 Å². The van der Waals surface area contributed by atoms with E-state index in [-0.39, 0.29) is 5.78 Å².